The fourth-order valence-electron chi connectivity index (χ4n) is 2.15. The molecule has 120 valence electrons. The van der Waals surface area contributed by atoms with Crippen molar-refractivity contribution in [1.82, 2.24) is 19.9 Å². The van der Waals surface area contributed by atoms with Crippen molar-refractivity contribution in [2.75, 3.05) is 20.3 Å². The van der Waals surface area contributed by atoms with E-state index < -0.39 is 0 Å². The van der Waals surface area contributed by atoms with Crippen molar-refractivity contribution in [3.8, 4) is 0 Å². The summed E-state index contributed by atoms with van der Waals surface area (Å²) in [6.07, 6.45) is 2.40. The van der Waals surface area contributed by atoms with Gasteiger partial charge in [0, 0.05) is 37.9 Å². The Kier molecular flexibility index (Phi) is 4.81. The Morgan fingerprint density at radius 2 is 2.14 bits per heavy atom. The summed E-state index contributed by atoms with van der Waals surface area (Å²) in [4.78, 5) is 16.6. The molecular weight excluding hydrogens is 280 g/mol. The van der Waals surface area contributed by atoms with E-state index in [9.17, 15) is 4.79 Å². The molecule has 0 atom stereocenters. The summed E-state index contributed by atoms with van der Waals surface area (Å²) in [5.74, 6) is -0.129. The normalized spacial score (nSPS) is 11.9. The Morgan fingerprint density at radius 1 is 1.41 bits per heavy atom. The largest absolute Gasteiger partial charge is 0.385 e. The van der Waals surface area contributed by atoms with E-state index in [2.05, 4.69) is 36.2 Å². The van der Waals surface area contributed by atoms with Gasteiger partial charge in [-0.25, -0.2) is 9.50 Å². The number of hydrogen-bond donors (Lipinski definition) is 1. The van der Waals surface area contributed by atoms with Gasteiger partial charge in [-0.1, -0.05) is 20.8 Å². The number of hydrogen-bond acceptors (Lipinski definition) is 4. The van der Waals surface area contributed by atoms with E-state index in [1.165, 1.54) is 0 Å². The lowest BCUT2D eigenvalue weighted by Crippen LogP contribution is -2.26. The Labute approximate surface area is 130 Å². The van der Waals surface area contributed by atoms with Crippen LogP contribution < -0.4 is 5.32 Å². The fraction of sp³-hybridized carbons (Fsp3) is 0.562. The molecule has 2 heterocycles. The third-order valence-corrected chi connectivity index (χ3v) is 3.55. The first-order valence-corrected chi connectivity index (χ1v) is 7.47. The van der Waals surface area contributed by atoms with E-state index >= 15 is 0 Å². The van der Waals surface area contributed by atoms with Crippen LogP contribution in [0.25, 0.3) is 5.65 Å². The SMILES string of the molecule is COCCCNC(=O)c1cnc2cc(C(C)(C)C)nn2c1C. The number of amides is 1. The molecule has 0 unspecified atom stereocenters. The fourth-order valence-corrected chi connectivity index (χ4v) is 2.15. The highest BCUT2D eigenvalue weighted by Crippen LogP contribution is 2.22. The first-order chi connectivity index (χ1) is 10.3. The van der Waals surface area contributed by atoms with Gasteiger partial charge in [0.1, 0.15) is 0 Å². The topological polar surface area (TPSA) is 68.5 Å². The van der Waals surface area contributed by atoms with Crippen LogP contribution in [-0.2, 0) is 10.2 Å². The van der Waals surface area contributed by atoms with Gasteiger partial charge >= 0.3 is 0 Å². The van der Waals surface area contributed by atoms with Crippen LogP contribution in [-0.4, -0.2) is 40.8 Å². The van der Waals surface area contributed by atoms with Crippen molar-refractivity contribution in [3.63, 3.8) is 0 Å². The van der Waals surface area contributed by atoms with Gasteiger partial charge in [0.25, 0.3) is 5.91 Å². The molecule has 2 aromatic heterocycles. The van der Waals surface area contributed by atoms with Crippen molar-refractivity contribution in [1.29, 1.82) is 0 Å². The molecule has 0 radical (unpaired) electrons. The molecule has 0 saturated carbocycles. The summed E-state index contributed by atoms with van der Waals surface area (Å²) < 4.78 is 6.71. The van der Waals surface area contributed by atoms with E-state index in [1.807, 2.05) is 13.0 Å². The minimum atomic E-state index is -0.129. The van der Waals surface area contributed by atoms with E-state index in [1.54, 1.807) is 17.8 Å². The standard InChI is InChI=1S/C16H24N4O2/c1-11-12(15(21)17-7-6-8-22-5)10-18-14-9-13(16(2,3)4)19-20(11)14/h9-10H,6-8H2,1-5H3,(H,17,21). The summed E-state index contributed by atoms with van der Waals surface area (Å²) >= 11 is 0. The number of ether oxygens (including phenoxy) is 1. The van der Waals surface area contributed by atoms with Crippen molar-refractivity contribution in [3.05, 3.63) is 29.2 Å². The number of methoxy groups -OCH3 is 1. The van der Waals surface area contributed by atoms with Crippen molar-refractivity contribution >= 4 is 11.6 Å². The summed E-state index contributed by atoms with van der Waals surface area (Å²) in [6.45, 7) is 9.41. The Balaban J connectivity index is 2.25. The molecule has 0 aliphatic heterocycles. The van der Waals surface area contributed by atoms with Gasteiger partial charge in [0.15, 0.2) is 5.65 Å². The minimum absolute atomic E-state index is 0.0529. The van der Waals surface area contributed by atoms with Crippen LogP contribution in [0.15, 0.2) is 12.3 Å². The van der Waals surface area contributed by atoms with Crippen molar-refractivity contribution in [2.24, 2.45) is 0 Å². The molecule has 6 nitrogen and oxygen atoms in total. The van der Waals surface area contributed by atoms with Gasteiger partial charge in [0.2, 0.25) is 0 Å². The summed E-state index contributed by atoms with van der Waals surface area (Å²) in [5.41, 5.74) is 3.01. The molecule has 6 heteroatoms. The molecule has 0 fully saturated rings. The quantitative estimate of drug-likeness (QED) is 0.859. The molecule has 0 aliphatic carbocycles. The first kappa shape index (κ1) is 16.4. The second-order valence-electron chi connectivity index (χ2n) is 6.41. The summed E-state index contributed by atoms with van der Waals surface area (Å²) in [6, 6.07) is 1.97. The smallest absolute Gasteiger partial charge is 0.254 e. The highest BCUT2D eigenvalue weighted by molar-refractivity contribution is 5.95. The van der Waals surface area contributed by atoms with Crippen LogP contribution in [0.3, 0.4) is 0 Å². The van der Waals surface area contributed by atoms with Crippen molar-refractivity contribution < 1.29 is 9.53 Å². The molecule has 0 aromatic carbocycles. The average molecular weight is 304 g/mol. The number of rotatable bonds is 5. The van der Waals surface area contributed by atoms with Gasteiger partial charge < -0.3 is 10.1 Å². The maximum absolute atomic E-state index is 12.2. The van der Waals surface area contributed by atoms with Gasteiger partial charge in [-0.15, -0.1) is 0 Å². The Bertz CT molecular complexity index is 671. The second kappa shape index (κ2) is 6.44. The number of aromatic nitrogens is 3. The van der Waals surface area contributed by atoms with Crippen LogP contribution in [0, 0.1) is 6.92 Å². The lowest BCUT2D eigenvalue weighted by Gasteiger charge is -2.13. The molecule has 0 bridgehead atoms. The minimum Gasteiger partial charge on any atom is -0.385 e. The average Bonchev–Trinajstić information content (AvgIpc) is 2.89. The Hall–Kier alpha value is -1.95. The first-order valence-electron chi connectivity index (χ1n) is 7.47. The number of fused-ring (bicyclic) bond motifs is 1. The van der Waals surface area contributed by atoms with Gasteiger partial charge in [-0.2, -0.15) is 5.10 Å². The predicted octanol–water partition coefficient (Wildman–Crippen LogP) is 2.10. The number of carbonyl (C=O) groups is 1. The molecule has 2 aromatic rings. The molecule has 0 spiro atoms. The third-order valence-electron chi connectivity index (χ3n) is 3.55. The van der Waals surface area contributed by atoms with Gasteiger partial charge in [-0.3, -0.25) is 4.79 Å². The summed E-state index contributed by atoms with van der Waals surface area (Å²) in [5, 5.41) is 7.47. The molecule has 0 aliphatic rings. The molecular formula is C16H24N4O2. The number of nitrogens with one attached hydrogen (secondary N) is 1. The van der Waals surface area contributed by atoms with E-state index in [0.29, 0.717) is 18.7 Å². The highest BCUT2D eigenvalue weighted by atomic mass is 16.5. The Morgan fingerprint density at radius 3 is 2.77 bits per heavy atom. The second-order valence-corrected chi connectivity index (χ2v) is 6.41. The molecule has 2 rings (SSSR count). The summed E-state index contributed by atoms with van der Waals surface area (Å²) in [7, 11) is 1.65. The molecule has 22 heavy (non-hydrogen) atoms. The van der Waals surface area contributed by atoms with Crippen LogP contribution in [0.5, 0.6) is 0 Å². The van der Waals surface area contributed by atoms with E-state index in [-0.39, 0.29) is 11.3 Å². The maximum Gasteiger partial charge on any atom is 0.254 e. The zero-order chi connectivity index (χ0) is 16.3. The lowest BCUT2D eigenvalue weighted by molar-refractivity contribution is 0.0947. The van der Waals surface area contributed by atoms with Gasteiger partial charge in [0.05, 0.1) is 17.0 Å². The van der Waals surface area contributed by atoms with E-state index in [4.69, 9.17) is 4.74 Å². The van der Waals surface area contributed by atoms with Crippen LogP contribution in [0.4, 0.5) is 0 Å². The van der Waals surface area contributed by atoms with Crippen molar-refractivity contribution in [2.45, 2.75) is 39.5 Å². The monoisotopic (exact) mass is 304 g/mol. The predicted molar refractivity (Wildman–Crippen MR) is 85.3 cm³/mol. The van der Waals surface area contributed by atoms with Gasteiger partial charge in [-0.05, 0) is 13.3 Å². The van der Waals surface area contributed by atoms with Crippen LogP contribution in [0.2, 0.25) is 0 Å². The number of nitrogens with zero attached hydrogens (tertiary/aromatic N) is 3. The van der Waals surface area contributed by atoms with Crippen LogP contribution in [0.1, 0.15) is 48.9 Å². The number of carbonyl (C=O) groups excluding carboxylic acids is 1. The molecule has 1 N–H and O–H groups in total. The lowest BCUT2D eigenvalue weighted by atomic mass is 9.93. The molecule has 0 saturated heterocycles. The van der Waals surface area contributed by atoms with E-state index in [0.717, 1.165) is 23.5 Å². The third kappa shape index (κ3) is 3.44. The highest BCUT2D eigenvalue weighted by Gasteiger charge is 2.20. The zero-order valence-electron chi connectivity index (χ0n) is 13.9. The van der Waals surface area contributed by atoms with Crippen LogP contribution >= 0.6 is 0 Å². The zero-order valence-corrected chi connectivity index (χ0v) is 13.9. The maximum atomic E-state index is 12.2. The molecule has 1 amide bonds. The number of aryl methyl sites for hydroxylation is 1.